The van der Waals surface area contributed by atoms with Gasteiger partial charge in [-0.1, -0.05) is 0 Å². The summed E-state index contributed by atoms with van der Waals surface area (Å²) in [5.41, 5.74) is 4.61. The van der Waals surface area contributed by atoms with Gasteiger partial charge in [-0.3, -0.25) is 20.2 Å². The standard InChI is InChI=1S/C28H31FN8O4/c1-28(26(38)32-14-20-4-2-13-39-20)15-40-25(41-16-28)24-34-22(18-5-7-19(29)8-6-18)23(35-24)21-9-11-31-27(33-21)36-37-12-3-10-30-17-37/h3,5-12,20,25H,2,4,13-17H2,1H3,(H,32,38)(H,34,35)(H,31,33,36). The fourth-order valence-corrected chi connectivity index (χ4v) is 4.77. The molecule has 3 aliphatic rings. The van der Waals surface area contributed by atoms with Crippen LogP contribution < -0.4 is 10.7 Å². The molecule has 3 aliphatic heterocycles. The number of H-pyrrole nitrogens is 1. The monoisotopic (exact) mass is 562 g/mol. The van der Waals surface area contributed by atoms with Crippen LogP contribution in [0.4, 0.5) is 10.3 Å². The number of allylic oxidation sites excluding steroid dienone is 1. The maximum absolute atomic E-state index is 13.7. The molecule has 0 bridgehead atoms. The van der Waals surface area contributed by atoms with Gasteiger partial charge in [0.15, 0.2) is 5.82 Å². The van der Waals surface area contributed by atoms with E-state index in [1.807, 2.05) is 13.1 Å². The summed E-state index contributed by atoms with van der Waals surface area (Å²) in [5, 5.41) is 4.72. The molecule has 1 unspecified atom stereocenters. The van der Waals surface area contributed by atoms with E-state index in [1.54, 1.807) is 41.7 Å². The van der Waals surface area contributed by atoms with E-state index in [9.17, 15) is 9.18 Å². The van der Waals surface area contributed by atoms with Crippen LogP contribution in [0.1, 0.15) is 31.9 Å². The van der Waals surface area contributed by atoms with Crippen molar-refractivity contribution in [3.8, 4) is 22.6 Å². The molecular weight excluding hydrogens is 531 g/mol. The first kappa shape index (κ1) is 27.0. The first-order chi connectivity index (χ1) is 20.0. The van der Waals surface area contributed by atoms with Crippen LogP contribution in [-0.2, 0) is 19.0 Å². The first-order valence-electron chi connectivity index (χ1n) is 13.5. The second-order valence-corrected chi connectivity index (χ2v) is 10.4. The molecular formula is C28H31FN8O4. The Kier molecular flexibility index (Phi) is 7.72. The lowest BCUT2D eigenvalue weighted by Crippen LogP contribution is -2.49. The highest BCUT2D eigenvalue weighted by Gasteiger charge is 2.41. The molecule has 1 aromatic carbocycles. The van der Waals surface area contributed by atoms with Crippen LogP contribution in [0.5, 0.6) is 0 Å². The number of hydrogen-bond donors (Lipinski definition) is 3. The van der Waals surface area contributed by atoms with Gasteiger partial charge in [-0.05, 0) is 56.2 Å². The number of imidazole rings is 1. The van der Waals surface area contributed by atoms with Crippen LogP contribution in [0.3, 0.4) is 0 Å². The Hall–Kier alpha value is -4.20. The van der Waals surface area contributed by atoms with Crippen LogP contribution in [-0.4, -0.2) is 76.2 Å². The summed E-state index contributed by atoms with van der Waals surface area (Å²) in [6, 6.07) is 7.79. The van der Waals surface area contributed by atoms with Gasteiger partial charge in [0.1, 0.15) is 12.5 Å². The van der Waals surface area contributed by atoms with Gasteiger partial charge in [0, 0.05) is 37.3 Å². The van der Waals surface area contributed by atoms with Crippen LogP contribution >= 0.6 is 0 Å². The maximum Gasteiger partial charge on any atom is 0.242 e. The number of anilines is 1. The smallest absolute Gasteiger partial charge is 0.242 e. The predicted octanol–water partition coefficient (Wildman–Crippen LogP) is 3.20. The summed E-state index contributed by atoms with van der Waals surface area (Å²) in [7, 11) is 0. The molecule has 2 aromatic heterocycles. The highest BCUT2D eigenvalue weighted by atomic mass is 19.1. The van der Waals surface area contributed by atoms with E-state index in [2.05, 4.69) is 30.7 Å². The fourth-order valence-electron chi connectivity index (χ4n) is 4.77. The first-order valence-corrected chi connectivity index (χ1v) is 13.5. The van der Waals surface area contributed by atoms with Gasteiger partial charge in [0.2, 0.25) is 18.1 Å². The number of carbonyl (C=O) groups excluding carboxylic acids is 1. The summed E-state index contributed by atoms with van der Waals surface area (Å²) < 4.78 is 31.4. The van der Waals surface area contributed by atoms with Crippen molar-refractivity contribution in [1.82, 2.24) is 30.3 Å². The molecule has 0 radical (unpaired) electrons. The molecule has 6 rings (SSSR count). The number of rotatable bonds is 8. The Morgan fingerprint density at radius 3 is 2.73 bits per heavy atom. The quantitative estimate of drug-likeness (QED) is 0.378. The molecule has 2 fully saturated rings. The Balaban J connectivity index is 1.21. The number of aliphatic imine (C=N–C) groups is 1. The Morgan fingerprint density at radius 1 is 1.17 bits per heavy atom. The topological polar surface area (TPSA) is 139 Å². The number of hydrazine groups is 1. The average molecular weight is 563 g/mol. The van der Waals surface area contributed by atoms with Crippen molar-refractivity contribution >= 4 is 18.1 Å². The number of nitrogens with one attached hydrogen (secondary N) is 3. The zero-order valence-corrected chi connectivity index (χ0v) is 22.5. The summed E-state index contributed by atoms with van der Waals surface area (Å²) in [4.78, 5) is 34.2. The van der Waals surface area contributed by atoms with Crippen LogP contribution in [0, 0.1) is 11.2 Å². The van der Waals surface area contributed by atoms with E-state index in [-0.39, 0.29) is 31.0 Å². The summed E-state index contributed by atoms with van der Waals surface area (Å²) >= 11 is 0. The highest BCUT2D eigenvalue weighted by Crippen LogP contribution is 2.35. The molecule has 12 nitrogen and oxygen atoms in total. The third kappa shape index (κ3) is 6.11. The van der Waals surface area contributed by atoms with Gasteiger partial charge < -0.3 is 24.5 Å². The highest BCUT2D eigenvalue weighted by molar-refractivity contribution is 5.82. The van der Waals surface area contributed by atoms with Crippen molar-refractivity contribution < 1.29 is 23.4 Å². The number of hydrogen-bond acceptors (Lipinski definition) is 10. The molecule has 13 heteroatoms. The van der Waals surface area contributed by atoms with Gasteiger partial charge in [0.25, 0.3) is 0 Å². The largest absolute Gasteiger partial charge is 0.376 e. The zero-order chi connectivity index (χ0) is 28.2. The number of carbonyl (C=O) groups is 1. The third-order valence-corrected chi connectivity index (χ3v) is 7.08. The molecule has 3 N–H and O–H groups in total. The van der Waals surface area contributed by atoms with E-state index in [4.69, 9.17) is 19.2 Å². The zero-order valence-electron chi connectivity index (χ0n) is 22.5. The molecule has 214 valence electrons. The van der Waals surface area contributed by atoms with E-state index in [0.29, 0.717) is 47.6 Å². The molecule has 0 aliphatic carbocycles. The van der Waals surface area contributed by atoms with Crippen LogP contribution in [0.25, 0.3) is 22.6 Å². The fraction of sp³-hybridized carbons (Fsp3) is 0.393. The maximum atomic E-state index is 13.7. The SMILES string of the molecule is CC1(C(=O)NCC2CCCO2)COC(c2nc(-c3ccc(F)cc3)c(-c3ccnc(NN4C=CC=NC4)n3)[nH]2)OC1. The lowest BCUT2D eigenvalue weighted by molar-refractivity contribution is -0.231. The van der Waals surface area contributed by atoms with E-state index >= 15 is 0 Å². The van der Waals surface area contributed by atoms with Gasteiger partial charge >= 0.3 is 0 Å². The van der Waals surface area contributed by atoms with Crippen molar-refractivity contribution in [3.63, 3.8) is 0 Å². The Labute approximate surface area is 236 Å². The molecule has 0 saturated carbocycles. The number of halogens is 1. The molecule has 41 heavy (non-hydrogen) atoms. The molecule has 1 atom stereocenters. The summed E-state index contributed by atoms with van der Waals surface area (Å²) in [6.45, 7) is 3.71. The molecule has 2 saturated heterocycles. The number of ether oxygens (including phenoxy) is 3. The molecule has 5 heterocycles. The second kappa shape index (κ2) is 11.7. The Morgan fingerprint density at radius 2 is 2.00 bits per heavy atom. The normalized spacial score (nSPS) is 24.0. The number of nitrogens with zero attached hydrogens (tertiary/aromatic N) is 5. The molecule has 3 aromatic rings. The Bertz CT molecular complexity index is 1430. The van der Waals surface area contributed by atoms with Crippen molar-refractivity contribution in [2.24, 2.45) is 10.4 Å². The van der Waals surface area contributed by atoms with E-state index < -0.39 is 11.7 Å². The van der Waals surface area contributed by atoms with Crippen LogP contribution in [0.2, 0.25) is 0 Å². The number of aromatic amines is 1. The van der Waals surface area contributed by atoms with Gasteiger partial charge in [-0.25, -0.2) is 19.3 Å². The van der Waals surface area contributed by atoms with Gasteiger partial charge in [0.05, 0.1) is 41.8 Å². The average Bonchev–Trinajstić information content (AvgIpc) is 3.68. The minimum absolute atomic E-state index is 0.0504. The predicted molar refractivity (Wildman–Crippen MR) is 148 cm³/mol. The molecule has 1 amide bonds. The molecule has 0 spiro atoms. The van der Waals surface area contributed by atoms with Crippen molar-refractivity contribution in [1.29, 1.82) is 0 Å². The number of benzene rings is 1. The van der Waals surface area contributed by atoms with Crippen molar-refractivity contribution in [3.05, 3.63) is 60.4 Å². The van der Waals surface area contributed by atoms with Crippen LogP contribution in [0.15, 0.2) is 53.8 Å². The second-order valence-electron chi connectivity index (χ2n) is 10.4. The summed E-state index contributed by atoms with van der Waals surface area (Å²) in [5.74, 6) is 0.268. The third-order valence-electron chi connectivity index (χ3n) is 7.08. The lowest BCUT2D eigenvalue weighted by Gasteiger charge is -2.35. The number of aromatic nitrogens is 4. The van der Waals surface area contributed by atoms with Crippen molar-refractivity contribution in [2.45, 2.75) is 32.2 Å². The van der Waals surface area contributed by atoms with Gasteiger partial charge in [-0.2, -0.15) is 0 Å². The van der Waals surface area contributed by atoms with E-state index in [0.717, 1.165) is 19.4 Å². The minimum atomic E-state index is -0.857. The van der Waals surface area contributed by atoms with E-state index in [1.165, 1.54) is 12.1 Å². The van der Waals surface area contributed by atoms with Gasteiger partial charge in [-0.15, -0.1) is 0 Å². The van der Waals surface area contributed by atoms with Crippen molar-refractivity contribution in [2.75, 3.05) is 38.5 Å². The summed E-state index contributed by atoms with van der Waals surface area (Å²) in [6.07, 6.45) is 8.14. The minimum Gasteiger partial charge on any atom is -0.376 e. The number of amides is 1. The lowest BCUT2D eigenvalue weighted by atomic mass is 9.91.